The number of fused-ring (bicyclic) bond motifs is 1. The van der Waals surface area contributed by atoms with Crippen LogP contribution in [-0.4, -0.2) is 39.3 Å². The molecule has 7 heteroatoms. The minimum absolute atomic E-state index is 0.125. The van der Waals surface area contributed by atoms with Crippen molar-refractivity contribution >= 4 is 27.1 Å². The third-order valence-electron chi connectivity index (χ3n) is 3.49. The molecule has 3 rings (SSSR count). The molecule has 1 spiro atoms. The highest BCUT2D eigenvalue weighted by molar-refractivity contribution is 7.90. The van der Waals surface area contributed by atoms with E-state index in [2.05, 4.69) is 10.6 Å². The Bertz CT molecular complexity index is 648. The lowest BCUT2D eigenvalue weighted by Crippen LogP contribution is -2.53. The smallest absolute Gasteiger partial charge is 0.252 e. The molecule has 0 bridgehead atoms. The number of nitrogens with one attached hydrogen (secondary N) is 2. The summed E-state index contributed by atoms with van der Waals surface area (Å²) in [6.45, 7) is 0.808. The van der Waals surface area contributed by atoms with Gasteiger partial charge in [0.25, 0.3) is 5.91 Å². The average molecular weight is 282 g/mol. The summed E-state index contributed by atoms with van der Waals surface area (Å²) in [6, 6.07) is 4.89. The van der Waals surface area contributed by atoms with E-state index in [1.54, 1.807) is 12.1 Å². The second-order valence-corrected chi connectivity index (χ2v) is 6.90. The minimum Gasteiger partial charge on any atom is -0.378 e. The van der Waals surface area contributed by atoms with Gasteiger partial charge in [0, 0.05) is 19.3 Å². The van der Waals surface area contributed by atoms with Crippen LogP contribution in [0.1, 0.15) is 6.42 Å². The maximum atomic E-state index is 12.2. The number of hydrogen-bond acceptors (Lipinski definition) is 5. The summed E-state index contributed by atoms with van der Waals surface area (Å²) >= 11 is 0. The molecular weight excluding hydrogens is 268 g/mol. The quantitative estimate of drug-likeness (QED) is 0.788. The van der Waals surface area contributed by atoms with E-state index in [0.717, 1.165) is 6.26 Å². The van der Waals surface area contributed by atoms with Crippen LogP contribution in [0.4, 0.5) is 11.4 Å². The first-order valence-electron chi connectivity index (χ1n) is 5.93. The fraction of sp³-hybridized carbons (Fsp3) is 0.417. The number of hydrogen-bond donors (Lipinski definition) is 2. The monoisotopic (exact) mass is 282 g/mol. The molecule has 2 aliphatic heterocycles. The van der Waals surface area contributed by atoms with Crippen LogP contribution in [0.25, 0.3) is 0 Å². The van der Waals surface area contributed by atoms with E-state index in [1.165, 1.54) is 6.07 Å². The molecule has 1 aromatic carbocycles. The topological polar surface area (TPSA) is 84.5 Å². The number of benzene rings is 1. The highest BCUT2D eigenvalue weighted by Crippen LogP contribution is 2.38. The van der Waals surface area contributed by atoms with Crippen molar-refractivity contribution in [2.24, 2.45) is 0 Å². The Kier molecular flexibility index (Phi) is 2.58. The Morgan fingerprint density at radius 1 is 1.37 bits per heavy atom. The third-order valence-corrected chi connectivity index (χ3v) is 4.63. The van der Waals surface area contributed by atoms with Gasteiger partial charge in [-0.05, 0) is 12.1 Å². The summed E-state index contributed by atoms with van der Waals surface area (Å²) in [5, 5.41) is 5.84. The molecule has 2 heterocycles. The molecule has 1 aromatic rings. The Hall–Kier alpha value is -1.60. The number of ether oxygens (including phenoxy) is 1. The van der Waals surface area contributed by atoms with Gasteiger partial charge in [0.2, 0.25) is 0 Å². The van der Waals surface area contributed by atoms with E-state index in [0.29, 0.717) is 31.0 Å². The zero-order valence-electron chi connectivity index (χ0n) is 10.4. The maximum absolute atomic E-state index is 12.2. The lowest BCUT2D eigenvalue weighted by Gasteiger charge is -2.35. The van der Waals surface area contributed by atoms with E-state index < -0.39 is 15.4 Å². The van der Waals surface area contributed by atoms with Crippen molar-refractivity contribution in [1.82, 2.24) is 0 Å². The fourth-order valence-corrected chi connectivity index (χ4v) is 3.32. The molecule has 102 valence electrons. The van der Waals surface area contributed by atoms with Crippen LogP contribution in [0.15, 0.2) is 23.1 Å². The van der Waals surface area contributed by atoms with E-state index in [4.69, 9.17) is 4.74 Å². The number of amides is 1. The molecule has 6 nitrogen and oxygen atoms in total. The summed E-state index contributed by atoms with van der Waals surface area (Å²) in [7, 11) is -3.39. The first-order chi connectivity index (χ1) is 8.92. The molecule has 0 radical (unpaired) electrons. The summed E-state index contributed by atoms with van der Waals surface area (Å²) in [6.07, 6.45) is 1.69. The van der Waals surface area contributed by atoms with Crippen molar-refractivity contribution in [2.75, 3.05) is 30.1 Å². The van der Waals surface area contributed by atoms with Gasteiger partial charge >= 0.3 is 0 Å². The van der Waals surface area contributed by atoms with Crippen LogP contribution in [0.2, 0.25) is 0 Å². The highest BCUT2D eigenvalue weighted by atomic mass is 32.2. The molecule has 0 saturated carbocycles. The van der Waals surface area contributed by atoms with Gasteiger partial charge in [-0.25, -0.2) is 8.42 Å². The lowest BCUT2D eigenvalue weighted by atomic mass is 9.94. The lowest BCUT2D eigenvalue weighted by molar-refractivity contribution is -0.120. The number of anilines is 2. The zero-order valence-corrected chi connectivity index (χ0v) is 11.2. The van der Waals surface area contributed by atoms with Crippen molar-refractivity contribution in [3.05, 3.63) is 18.2 Å². The molecule has 1 saturated heterocycles. The van der Waals surface area contributed by atoms with Gasteiger partial charge in [-0.15, -0.1) is 0 Å². The van der Waals surface area contributed by atoms with Gasteiger partial charge < -0.3 is 15.4 Å². The minimum atomic E-state index is -3.39. The van der Waals surface area contributed by atoms with Crippen LogP contribution in [-0.2, 0) is 19.4 Å². The van der Waals surface area contributed by atoms with Crippen LogP contribution < -0.4 is 10.6 Å². The van der Waals surface area contributed by atoms with E-state index in [-0.39, 0.29) is 10.8 Å². The molecule has 0 aliphatic carbocycles. The van der Waals surface area contributed by atoms with E-state index >= 15 is 0 Å². The first-order valence-corrected chi connectivity index (χ1v) is 7.82. The zero-order chi connectivity index (χ0) is 13.7. The second-order valence-electron chi connectivity index (χ2n) is 4.91. The Balaban J connectivity index is 2.11. The van der Waals surface area contributed by atoms with Crippen LogP contribution in [0.3, 0.4) is 0 Å². The Morgan fingerprint density at radius 2 is 2.16 bits per heavy atom. The molecule has 2 N–H and O–H groups in total. The van der Waals surface area contributed by atoms with E-state index in [1.807, 2.05) is 0 Å². The van der Waals surface area contributed by atoms with Crippen LogP contribution in [0.5, 0.6) is 0 Å². The molecule has 2 aliphatic rings. The predicted molar refractivity (Wildman–Crippen MR) is 70.0 cm³/mol. The number of para-hydroxylation sites is 1. The van der Waals surface area contributed by atoms with Gasteiger partial charge in [0.1, 0.15) is 5.54 Å². The van der Waals surface area contributed by atoms with Gasteiger partial charge in [0.15, 0.2) is 9.84 Å². The normalized spacial score (nSPS) is 25.8. The Labute approximate surface area is 111 Å². The predicted octanol–water partition coefficient (Wildman–Crippen LogP) is 0.613. The molecule has 1 fully saturated rings. The molecule has 1 amide bonds. The summed E-state index contributed by atoms with van der Waals surface area (Å²) in [5.74, 6) is -0.242. The van der Waals surface area contributed by atoms with Crippen molar-refractivity contribution in [1.29, 1.82) is 0 Å². The van der Waals surface area contributed by atoms with Crippen molar-refractivity contribution in [2.45, 2.75) is 16.9 Å². The molecule has 1 atom stereocenters. The van der Waals surface area contributed by atoms with Gasteiger partial charge in [0.05, 0.1) is 22.9 Å². The maximum Gasteiger partial charge on any atom is 0.252 e. The summed E-state index contributed by atoms with van der Waals surface area (Å²) < 4.78 is 28.7. The molecule has 19 heavy (non-hydrogen) atoms. The average Bonchev–Trinajstić information content (AvgIpc) is 2.78. The van der Waals surface area contributed by atoms with Gasteiger partial charge in [-0.2, -0.15) is 0 Å². The molecule has 0 aromatic heterocycles. The summed E-state index contributed by atoms with van der Waals surface area (Å²) in [4.78, 5) is 12.3. The standard InChI is InChI=1S/C12H14N2O4S/c1-19(16,17)9-4-2-3-8-10(9)13-11(15)12(14-8)5-6-18-7-12/h2-4,14H,5-7H2,1H3,(H,13,15). The van der Waals surface area contributed by atoms with Crippen LogP contribution >= 0.6 is 0 Å². The van der Waals surface area contributed by atoms with Crippen molar-refractivity contribution in [3.8, 4) is 0 Å². The second kappa shape index (κ2) is 3.94. The number of rotatable bonds is 1. The third kappa shape index (κ3) is 1.89. The Morgan fingerprint density at radius 3 is 2.79 bits per heavy atom. The van der Waals surface area contributed by atoms with Gasteiger partial charge in [-0.1, -0.05) is 6.07 Å². The highest BCUT2D eigenvalue weighted by Gasteiger charge is 2.46. The SMILES string of the molecule is CS(=O)(=O)c1cccc2c1NC(=O)C1(CCOC1)N2. The van der Waals surface area contributed by atoms with Crippen molar-refractivity contribution < 1.29 is 17.9 Å². The molecule has 1 unspecified atom stereocenters. The number of carbonyl (C=O) groups excluding carboxylic acids is 1. The fourth-order valence-electron chi connectivity index (χ4n) is 2.46. The van der Waals surface area contributed by atoms with E-state index in [9.17, 15) is 13.2 Å². The van der Waals surface area contributed by atoms with Gasteiger partial charge in [-0.3, -0.25) is 4.79 Å². The van der Waals surface area contributed by atoms with Crippen molar-refractivity contribution in [3.63, 3.8) is 0 Å². The summed E-state index contributed by atoms with van der Waals surface area (Å²) in [5.41, 5.74) is 0.170. The first kappa shape index (κ1) is 12.4. The molecular formula is C12H14N2O4S. The van der Waals surface area contributed by atoms with Crippen LogP contribution in [0, 0.1) is 0 Å². The largest absolute Gasteiger partial charge is 0.378 e. The number of sulfone groups is 1. The number of carbonyl (C=O) groups is 1.